The van der Waals surface area contributed by atoms with E-state index in [4.69, 9.17) is 16.3 Å². The van der Waals surface area contributed by atoms with Gasteiger partial charge in [0, 0.05) is 10.7 Å². The molecule has 0 heterocycles. The van der Waals surface area contributed by atoms with Crippen molar-refractivity contribution < 1.29 is 19.1 Å². The first kappa shape index (κ1) is 16.8. The molecule has 2 aromatic rings. The van der Waals surface area contributed by atoms with E-state index in [0.717, 1.165) is 0 Å². The normalized spacial score (nSPS) is 11.4. The average Bonchev–Trinajstić information content (AvgIpc) is 2.54. The van der Waals surface area contributed by atoms with Gasteiger partial charge in [0.25, 0.3) is 5.91 Å². The quantitative estimate of drug-likeness (QED) is 0.850. The third kappa shape index (κ3) is 4.72. The molecular weight excluding hydrogens is 318 g/mol. The van der Waals surface area contributed by atoms with Gasteiger partial charge in [0.1, 0.15) is 5.75 Å². The van der Waals surface area contributed by atoms with Crippen molar-refractivity contribution in [1.82, 2.24) is 0 Å². The fourth-order valence-corrected chi connectivity index (χ4v) is 2.03. The number of carbonyl (C=O) groups is 2. The molecule has 1 amide bonds. The summed E-state index contributed by atoms with van der Waals surface area (Å²) < 4.78 is 10.2. The lowest BCUT2D eigenvalue weighted by molar-refractivity contribution is -0.122. The summed E-state index contributed by atoms with van der Waals surface area (Å²) in [7, 11) is 1.31. The number of nitrogens with one attached hydrogen (secondary N) is 1. The largest absolute Gasteiger partial charge is 0.481 e. The van der Waals surface area contributed by atoms with Crippen LogP contribution in [-0.2, 0) is 9.53 Å². The molecule has 1 N–H and O–H groups in total. The van der Waals surface area contributed by atoms with Gasteiger partial charge in [-0.1, -0.05) is 17.7 Å². The van der Waals surface area contributed by atoms with Gasteiger partial charge in [-0.05, 0) is 49.4 Å². The second-order valence-corrected chi connectivity index (χ2v) is 5.21. The first-order valence-corrected chi connectivity index (χ1v) is 7.29. The fourth-order valence-electron chi connectivity index (χ4n) is 1.85. The van der Waals surface area contributed by atoms with Gasteiger partial charge in [0.15, 0.2) is 6.10 Å². The van der Waals surface area contributed by atoms with Crippen LogP contribution in [0.1, 0.15) is 17.3 Å². The summed E-state index contributed by atoms with van der Waals surface area (Å²) in [5.74, 6) is -0.225. The monoisotopic (exact) mass is 333 g/mol. The maximum Gasteiger partial charge on any atom is 0.337 e. The molecule has 5 nitrogen and oxygen atoms in total. The van der Waals surface area contributed by atoms with E-state index in [1.165, 1.54) is 7.11 Å². The maximum atomic E-state index is 12.1. The number of carbonyl (C=O) groups excluding carboxylic acids is 2. The fraction of sp³-hybridized carbons (Fsp3) is 0.176. The molecule has 23 heavy (non-hydrogen) atoms. The van der Waals surface area contributed by atoms with Crippen molar-refractivity contribution in [3.05, 3.63) is 59.1 Å². The highest BCUT2D eigenvalue weighted by Crippen LogP contribution is 2.19. The summed E-state index contributed by atoms with van der Waals surface area (Å²) in [6, 6.07) is 13.2. The number of amides is 1. The predicted octanol–water partition coefficient (Wildman–Crippen LogP) is 3.53. The van der Waals surface area contributed by atoms with E-state index in [-0.39, 0.29) is 5.91 Å². The highest BCUT2D eigenvalue weighted by atomic mass is 35.5. The number of esters is 1. The molecule has 0 bridgehead atoms. The summed E-state index contributed by atoms with van der Waals surface area (Å²) in [6.45, 7) is 1.64. The van der Waals surface area contributed by atoms with E-state index in [1.807, 2.05) is 0 Å². The standard InChI is InChI=1S/C17H16ClNO4/c1-11(23-15-5-3-4-13(18)10-15)16(20)19-14-8-6-12(7-9-14)17(21)22-2/h3-11H,1-2H3,(H,19,20)/t11-/m1/s1. The first-order chi connectivity index (χ1) is 11.0. The molecule has 6 heteroatoms. The summed E-state index contributed by atoms with van der Waals surface area (Å²) in [5, 5.41) is 3.25. The van der Waals surface area contributed by atoms with E-state index in [2.05, 4.69) is 10.1 Å². The zero-order valence-corrected chi connectivity index (χ0v) is 13.5. The Hall–Kier alpha value is -2.53. The van der Waals surface area contributed by atoms with Crippen LogP contribution in [0, 0.1) is 0 Å². The van der Waals surface area contributed by atoms with Crippen molar-refractivity contribution in [3.8, 4) is 5.75 Å². The summed E-state index contributed by atoms with van der Waals surface area (Å²) in [5.41, 5.74) is 0.970. The molecule has 0 aliphatic rings. The number of anilines is 1. The molecule has 0 spiro atoms. The van der Waals surface area contributed by atoms with E-state index in [1.54, 1.807) is 55.5 Å². The second kappa shape index (κ2) is 7.65. The Morgan fingerprint density at radius 1 is 1.13 bits per heavy atom. The topological polar surface area (TPSA) is 64.6 Å². The van der Waals surface area contributed by atoms with Gasteiger partial charge < -0.3 is 14.8 Å². The van der Waals surface area contributed by atoms with E-state index in [0.29, 0.717) is 22.0 Å². The Bertz CT molecular complexity index is 700. The Morgan fingerprint density at radius 2 is 1.83 bits per heavy atom. The van der Waals surface area contributed by atoms with Crippen molar-refractivity contribution in [2.24, 2.45) is 0 Å². The molecule has 0 saturated carbocycles. The highest BCUT2D eigenvalue weighted by molar-refractivity contribution is 6.30. The van der Waals surface area contributed by atoms with Crippen molar-refractivity contribution in [1.29, 1.82) is 0 Å². The number of benzene rings is 2. The maximum absolute atomic E-state index is 12.1. The molecule has 120 valence electrons. The number of ether oxygens (including phenoxy) is 2. The molecule has 0 fully saturated rings. The van der Waals surface area contributed by atoms with Crippen LogP contribution < -0.4 is 10.1 Å². The van der Waals surface area contributed by atoms with Crippen LogP contribution in [0.25, 0.3) is 0 Å². The second-order valence-electron chi connectivity index (χ2n) is 4.78. The van der Waals surface area contributed by atoms with Gasteiger partial charge in [0.05, 0.1) is 12.7 Å². The van der Waals surface area contributed by atoms with Crippen molar-refractivity contribution in [3.63, 3.8) is 0 Å². The average molecular weight is 334 g/mol. The number of hydrogen-bond acceptors (Lipinski definition) is 4. The van der Waals surface area contributed by atoms with Crippen molar-refractivity contribution >= 4 is 29.2 Å². The highest BCUT2D eigenvalue weighted by Gasteiger charge is 2.15. The Kier molecular flexibility index (Phi) is 5.60. The summed E-state index contributed by atoms with van der Waals surface area (Å²) >= 11 is 5.87. The van der Waals surface area contributed by atoms with Crippen LogP contribution in [0.5, 0.6) is 5.75 Å². The van der Waals surface area contributed by atoms with Crippen molar-refractivity contribution in [2.45, 2.75) is 13.0 Å². The summed E-state index contributed by atoms with van der Waals surface area (Å²) in [4.78, 5) is 23.5. The van der Waals surface area contributed by atoms with Crippen LogP contribution in [0.2, 0.25) is 5.02 Å². The number of rotatable bonds is 5. The van der Waals surface area contributed by atoms with Crippen LogP contribution in [0.15, 0.2) is 48.5 Å². The van der Waals surface area contributed by atoms with Crippen LogP contribution in [-0.4, -0.2) is 25.1 Å². The Morgan fingerprint density at radius 3 is 2.43 bits per heavy atom. The number of methoxy groups -OCH3 is 1. The zero-order valence-electron chi connectivity index (χ0n) is 12.7. The molecule has 0 saturated heterocycles. The van der Waals surface area contributed by atoms with Gasteiger partial charge in [-0.2, -0.15) is 0 Å². The summed E-state index contributed by atoms with van der Waals surface area (Å²) in [6.07, 6.45) is -0.700. The Balaban J connectivity index is 1.96. The first-order valence-electron chi connectivity index (χ1n) is 6.91. The molecule has 0 aromatic heterocycles. The van der Waals surface area contributed by atoms with Crippen LogP contribution in [0.3, 0.4) is 0 Å². The van der Waals surface area contributed by atoms with E-state index >= 15 is 0 Å². The van der Waals surface area contributed by atoms with E-state index < -0.39 is 12.1 Å². The lowest BCUT2D eigenvalue weighted by Crippen LogP contribution is -2.30. The van der Waals surface area contributed by atoms with E-state index in [9.17, 15) is 9.59 Å². The minimum absolute atomic E-state index is 0.309. The number of hydrogen-bond donors (Lipinski definition) is 1. The minimum atomic E-state index is -0.700. The molecule has 0 aliphatic carbocycles. The predicted molar refractivity (Wildman–Crippen MR) is 88.0 cm³/mol. The van der Waals surface area contributed by atoms with Gasteiger partial charge >= 0.3 is 5.97 Å². The lowest BCUT2D eigenvalue weighted by Gasteiger charge is -2.15. The van der Waals surface area contributed by atoms with Crippen molar-refractivity contribution in [2.75, 3.05) is 12.4 Å². The van der Waals surface area contributed by atoms with Gasteiger partial charge in [-0.25, -0.2) is 4.79 Å². The van der Waals surface area contributed by atoms with Gasteiger partial charge in [-0.15, -0.1) is 0 Å². The molecule has 0 unspecified atom stereocenters. The third-order valence-electron chi connectivity index (χ3n) is 3.05. The third-order valence-corrected chi connectivity index (χ3v) is 3.29. The van der Waals surface area contributed by atoms with Gasteiger partial charge in [0.2, 0.25) is 0 Å². The van der Waals surface area contributed by atoms with Crippen LogP contribution in [0.4, 0.5) is 5.69 Å². The Labute approximate surface area is 139 Å². The van der Waals surface area contributed by atoms with Crippen LogP contribution >= 0.6 is 11.6 Å². The lowest BCUT2D eigenvalue weighted by atomic mass is 10.2. The molecular formula is C17H16ClNO4. The molecule has 1 atom stereocenters. The number of halogens is 1. The molecule has 0 radical (unpaired) electrons. The molecule has 2 rings (SSSR count). The SMILES string of the molecule is COC(=O)c1ccc(NC(=O)[C@@H](C)Oc2cccc(Cl)c2)cc1. The minimum Gasteiger partial charge on any atom is -0.481 e. The molecule has 2 aromatic carbocycles. The smallest absolute Gasteiger partial charge is 0.337 e. The zero-order chi connectivity index (χ0) is 16.8. The van der Waals surface area contributed by atoms with Gasteiger partial charge in [-0.3, -0.25) is 4.79 Å². The molecule has 0 aliphatic heterocycles.